The fourth-order valence-corrected chi connectivity index (χ4v) is 7.43. The molecule has 0 N–H and O–H groups in total. The number of benzene rings is 7. The van der Waals surface area contributed by atoms with Gasteiger partial charge in [0.15, 0.2) is 0 Å². The largest absolute Gasteiger partial charge is 0.0801 e. The Bertz CT molecular complexity index is 2270. The van der Waals surface area contributed by atoms with E-state index in [1.165, 1.54) is 101 Å². The van der Waals surface area contributed by atoms with Gasteiger partial charge in [-0.1, -0.05) is 191 Å². The van der Waals surface area contributed by atoms with Crippen LogP contribution in [0.4, 0.5) is 0 Å². The highest BCUT2D eigenvalue weighted by molar-refractivity contribution is 6.21. The topological polar surface area (TPSA) is 0 Å². The average molecular weight is 647 g/mol. The van der Waals surface area contributed by atoms with Crippen LogP contribution in [0.25, 0.3) is 72.1 Å². The summed E-state index contributed by atoms with van der Waals surface area (Å²) in [5, 5.41) is 5.15. The first kappa shape index (κ1) is 33.1. The minimum Gasteiger partial charge on any atom is -0.0801 e. The van der Waals surface area contributed by atoms with Crippen LogP contribution < -0.4 is 0 Å². The Kier molecular flexibility index (Phi) is 9.90. The van der Waals surface area contributed by atoms with Gasteiger partial charge in [-0.25, -0.2) is 0 Å². The molecule has 1 aliphatic rings. The van der Waals surface area contributed by atoms with E-state index in [2.05, 4.69) is 185 Å². The van der Waals surface area contributed by atoms with Gasteiger partial charge in [0.2, 0.25) is 0 Å². The summed E-state index contributed by atoms with van der Waals surface area (Å²) in [7, 11) is 0. The molecule has 1 aliphatic carbocycles. The van der Waals surface area contributed by atoms with Crippen LogP contribution in [0.1, 0.15) is 55.9 Å². The van der Waals surface area contributed by atoms with Crippen LogP contribution in [0, 0.1) is 6.92 Å². The molecule has 0 saturated heterocycles. The zero-order valence-corrected chi connectivity index (χ0v) is 29.8. The Morgan fingerprint density at radius 1 is 0.480 bits per heavy atom. The van der Waals surface area contributed by atoms with Crippen molar-refractivity contribution in [3.63, 3.8) is 0 Å². The van der Waals surface area contributed by atoms with Crippen LogP contribution in [-0.4, -0.2) is 0 Å². The number of aryl methyl sites for hydroxylation is 1. The maximum atomic E-state index is 2.44. The molecule has 0 aliphatic heterocycles. The van der Waals surface area contributed by atoms with Crippen molar-refractivity contribution in [3.8, 4) is 44.5 Å². The Morgan fingerprint density at radius 3 is 1.60 bits per heavy atom. The van der Waals surface area contributed by atoms with E-state index in [9.17, 15) is 0 Å². The van der Waals surface area contributed by atoms with E-state index in [0.717, 1.165) is 12.8 Å². The molecule has 0 radical (unpaired) electrons. The summed E-state index contributed by atoms with van der Waals surface area (Å²) >= 11 is 0. The van der Waals surface area contributed by atoms with Crippen molar-refractivity contribution in [1.29, 1.82) is 0 Å². The van der Waals surface area contributed by atoms with Gasteiger partial charge >= 0.3 is 0 Å². The Labute approximate surface area is 298 Å². The quantitative estimate of drug-likeness (QED) is 0.158. The minimum absolute atomic E-state index is 0.971. The summed E-state index contributed by atoms with van der Waals surface area (Å²) in [5.41, 5.74) is 15.8. The number of hydrogen-bond donors (Lipinski definition) is 0. The highest BCUT2D eigenvalue weighted by atomic mass is 14.2. The number of fused-ring (bicyclic) bond motifs is 3. The SMILES string of the molecule is CCCC.CCc1cc(-c2c3ccccc3c(-c3ccc(-c4ccccc4)cc3)c3ccccc23)ccc1-c1ccc2c(c1C)C=CC=CC2. The standard InChI is InChI=1S/C46H36.C4H10/c1-3-32-30-37(27-29-40(32)39-28-26-35-16-8-5-9-17-38(35)31(39)2)46-43-20-12-10-18-41(43)45(42-19-11-13-21-44(42)46)36-24-22-34(23-25-36)33-14-6-4-7-15-33;1-3-4-2/h4-15,17-30H,3,16H2,1-2H3;3-4H2,1-2H3. The van der Waals surface area contributed by atoms with Gasteiger partial charge in [-0.2, -0.15) is 0 Å². The maximum Gasteiger partial charge on any atom is -0.00263 e. The lowest BCUT2D eigenvalue weighted by molar-refractivity contribution is 0.886. The van der Waals surface area contributed by atoms with E-state index < -0.39 is 0 Å². The number of rotatable bonds is 6. The van der Waals surface area contributed by atoms with E-state index in [0.29, 0.717) is 0 Å². The lowest BCUT2D eigenvalue weighted by Crippen LogP contribution is -1.97. The normalized spacial score (nSPS) is 12.0. The molecule has 0 bridgehead atoms. The summed E-state index contributed by atoms with van der Waals surface area (Å²) in [5.74, 6) is 0. The molecule has 0 nitrogen and oxygen atoms in total. The molecule has 0 aromatic heterocycles. The third kappa shape index (κ3) is 6.35. The van der Waals surface area contributed by atoms with Gasteiger partial charge < -0.3 is 0 Å². The molecule has 0 heteroatoms. The molecule has 0 fully saturated rings. The zero-order chi connectivity index (χ0) is 34.5. The van der Waals surface area contributed by atoms with Crippen LogP contribution in [0.15, 0.2) is 152 Å². The summed E-state index contributed by atoms with van der Waals surface area (Å²) in [6.45, 7) is 8.92. The smallest absolute Gasteiger partial charge is 0.00263 e. The minimum atomic E-state index is 0.971. The average Bonchev–Trinajstić information content (AvgIpc) is 3.44. The number of hydrogen-bond acceptors (Lipinski definition) is 0. The first-order chi connectivity index (χ1) is 24.6. The summed E-state index contributed by atoms with van der Waals surface area (Å²) in [6.07, 6.45) is 13.4. The van der Waals surface area contributed by atoms with Crippen molar-refractivity contribution in [2.24, 2.45) is 0 Å². The lowest BCUT2D eigenvalue weighted by Gasteiger charge is -2.20. The second-order valence-corrected chi connectivity index (χ2v) is 13.3. The van der Waals surface area contributed by atoms with E-state index in [1.54, 1.807) is 0 Å². The molecular formula is C50H46. The van der Waals surface area contributed by atoms with Crippen LogP contribution in [0.5, 0.6) is 0 Å². The van der Waals surface area contributed by atoms with Crippen molar-refractivity contribution in [3.05, 3.63) is 174 Å². The highest BCUT2D eigenvalue weighted by Gasteiger charge is 2.18. The fraction of sp³-hybridized carbons (Fsp3) is 0.160. The van der Waals surface area contributed by atoms with Crippen molar-refractivity contribution < 1.29 is 0 Å². The molecule has 8 rings (SSSR count). The Hall–Kier alpha value is -5.46. The third-order valence-corrected chi connectivity index (χ3v) is 10.2. The van der Waals surface area contributed by atoms with Crippen LogP contribution in [0.3, 0.4) is 0 Å². The summed E-state index contributed by atoms with van der Waals surface area (Å²) < 4.78 is 0. The van der Waals surface area contributed by atoms with Crippen LogP contribution >= 0.6 is 0 Å². The molecule has 0 spiro atoms. The third-order valence-electron chi connectivity index (χ3n) is 10.2. The molecule has 7 aromatic rings. The van der Waals surface area contributed by atoms with Gasteiger partial charge in [-0.05, 0) is 108 Å². The molecule has 0 heterocycles. The van der Waals surface area contributed by atoms with Crippen molar-refractivity contribution in [2.75, 3.05) is 0 Å². The molecule has 0 amide bonds. The van der Waals surface area contributed by atoms with Crippen molar-refractivity contribution >= 4 is 27.6 Å². The van der Waals surface area contributed by atoms with E-state index >= 15 is 0 Å². The van der Waals surface area contributed by atoms with E-state index in [4.69, 9.17) is 0 Å². The zero-order valence-electron chi connectivity index (χ0n) is 29.8. The number of allylic oxidation sites excluding steroid dienone is 3. The van der Waals surface area contributed by atoms with Gasteiger partial charge in [0, 0.05) is 0 Å². The summed E-state index contributed by atoms with van der Waals surface area (Å²) in [6, 6.07) is 49.4. The Balaban J connectivity index is 0.000000932. The fourth-order valence-electron chi connectivity index (χ4n) is 7.43. The van der Waals surface area contributed by atoms with Gasteiger partial charge in [-0.15, -0.1) is 0 Å². The maximum absolute atomic E-state index is 2.44. The van der Waals surface area contributed by atoms with Gasteiger partial charge in [0.25, 0.3) is 0 Å². The first-order valence-electron chi connectivity index (χ1n) is 18.3. The van der Waals surface area contributed by atoms with E-state index in [1.807, 2.05) is 0 Å². The molecule has 0 atom stereocenters. The summed E-state index contributed by atoms with van der Waals surface area (Å²) in [4.78, 5) is 0. The molecule has 0 unspecified atom stereocenters. The van der Waals surface area contributed by atoms with Crippen molar-refractivity contribution in [1.82, 2.24) is 0 Å². The lowest BCUT2D eigenvalue weighted by atomic mass is 9.84. The molecule has 0 saturated carbocycles. The van der Waals surface area contributed by atoms with Gasteiger partial charge in [0.1, 0.15) is 0 Å². The second-order valence-electron chi connectivity index (χ2n) is 13.3. The predicted molar refractivity (Wildman–Crippen MR) is 220 cm³/mol. The number of unbranched alkanes of at least 4 members (excludes halogenated alkanes) is 1. The molecular weight excluding hydrogens is 601 g/mol. The van der Waals surface area contributed by atoms with Crippen LogP contribution in [-0.2, 0) is 12.8 Å². The molecule has 7 aromatic carbocycles. The molecule has 50 heavy (non-hydrogen) atoms. The predicted octanol–water partition coefficient (Wildman–Crippen LogP) is 14.5. The second kappa shape index (κ2) is 15.0. The highest BCUT2D eigenvalue weighted by Crippen LogP contribution is 2.45. The van der Waals surface area contributed by atoms with E-state index in [-0.39, 0.29) is 0 Å². The first-order valence-corrected chi connectivity index (χ1v) is 18.3. The van der Waals surface area contributed by atoms with Gasteiger partial charge in [-0.3, -0.25) is 0 Å². The monoisotopic (exact) mass is 646 g/mol. The molecule has 246 valence electrons. The Morgan fingerprint density at radius 2 is 1.00 bits per heavy atom. The van der Waals surface area contributed by atoms with Crippen LogP contribution in [0.2, 0.25) is 0 Å². The van der Waals surface area contributed by atoms with Gasteiger partial charge in [0.05, 0.1) is 0 Å². The van der Waals surface area contributed by atoms with Crippen molar-refractivity contribution in [2.45, 2.75) is 53.4 Å².